The van der Waals surface area contributed by atoms with E-state index in [9.17, 15) is 0 Å². The molecule has 2 heterocycles. The molecular weight excluding hydrogens is 236 g/mol. The van der Waals surface area contributed by atoms with Gasteiger partial charge in [-0.1, -0.05) is 13.8 Å². The van der Waals surface area contributed by atoms with E-state index in [1.165, 1.54) is 24.9 Å². The lowest BCUT2D eigenvalue weighted by Gasteiger charge is -2.36. The molecule has 1 aliphatic rings. The van der Waals surface area contributed by atoms with Gasteiger partial charge >= 0.3 is 0 Å². The van der Waals surface area contributed by atoms with E-state index in [-0.39, 0.29) is 0 Å². The van der Waals surface area contributed by atoms with E-state index in [0.717, 1.165) is 37.1 Å². The maximum Gasteiger partial charge on any atom is 0.118 e. The lowest BCUT2D eigenvalue weighted by molar-refractivity contribution is 0.121. The number of rotatable bonds is 5. The number of hydrogen-bond acceptors (Lipinski definition) is 3. The number of nitrogens with one attached hydrogen (secondary N) is 1. The minimum Gasteiger partial charge on any atom is -0.465 e. The second kappa shape index (κ2) is 6.58. The van der Waals surface area contributed by atoms with Crippen molar-refractivity contribution in [1.82, 2.24) is 10.2 Å². The fraction of sp³-hybridized carbons (Fsp3) is 0.750. The van der Waals surface area contributed by atoms with Gasteiger partial charge in [-0.2, -0.15) is 0 Å². The van der Waals surface area contributed by atoms with Crippen molar-refractivity contribution >= 4 is 0 Å². The van der Waals surface area contributed by atoms with Crippen LogP contribution in [0.3, 0.4) is 0 Å². The van der Waals surface area contributed by atoms with Crippen LogP contribution in [-0.4, -0.2) is 24.0 Å². The van der Waals surface area contributed by atoms with Crippen molar-refractivity contribution in [3.63, 3.8) is 0 Å². The van der Waals surface area contributed by atoms with Crippen molar-refractivity contribution in [2.75, 3.05) is 13.1 Å². The second-order valence-corrected chi connectivity index (χ2v) is 6.02. The van der Waals surface area contributed by atoms with Crippen LogP contribution < -0.4 is 5.32 Å². The first kappa shape index (κ1) is 14.6. The number of nitrogens with zero attached hydrogens (tertiary/aromatic N) is 1. The molecule has 1 aliphatic heterocycles. The molecule has 108 valence electrons. The van der Waals surface area contributed by atoms with Crippen molar-refractivity contribution in [2.45, 2.75) is 59.7 Å². The molecule has 3 heteroatoms. The van der Waals surface area contributed by atoms with Crippen LogP contribution in [0.15, 0.2) is 10.5 Å². The number of furan rings is 1. The maximum atomic E-state index is 5.83. The zero-order valence-corrected chi connectivity index (χ0v) is 12.8. The number of piperidine rings is 1. The molecule has 2 unspecified atom stereocenters. The Morgan fingerprint density at radius 2 is 2.21 bits per heavy atom. The van der Waals surface area contributed by atoms with Crippen LogP contribution in [0.2, 0.25) is 0 Å². The van der Waals surface area contributed by atoms with Crippen molar-refractivity contribution in [3.05, 3.63) is 23.2 Å². The lowest BCUT2D eigenvalue weighted by atomic mass is 9.93. The van der Waals surface area contributed by atoms with E-state index in [2.05, 4.69) is 44.0 Å². The Labute approximate surface area is 117 Å². The predicted octanol–water partition coefficient (Wildman–Crippen LogP) is 3.32. The van der Waals surface area contributed by atoms with E-state index in [1.54, 1.807) is 0 Å². The summed E-state index contributed by atoms with van der Waals surface area (Å²) in [4.78, 5) is 2.59. The lowest BCUT2D eigenvalue weighted by Crippen LogP contribution is -2.39. The van der Waals surface area contributed by atoms with Crippen molar-refractivity contribution < 1.29 is 4.42 Å². The minimum absolute atomic E-state index is 0.690. The summed E-state index contributed by atoms with van der Waals surface area (Å²) in [6.45, 7) is 13.0. The molecule has 0 bridgehead atoms. The standard InChI is InChI=1S/C16H28N2O/c1-5-17-10-16-9-15(14(4)19-16)11-18-7-6-12(2)8-13(18)3/h9,12-13,17H,5-8,10-11H2,1-4H3. The van der Waals surface area contributed by atoms with Crippen LogP contribution in [0.1, 0.15) is 50.7 Å². The van der Waals surface area contributed by atoms with Gasteiger partial charge in [-0.15, -0.1) is 0 Å². The summed E-state index contributed by atoms with van der Waals surface area (Å²) in [5.41, 5.74) is 1.36. The molecule has 0 aromatic carbocycles. The second-order valence-electron chi connectivity index (χ2n) is 6.02. The van der Waals surface area contributed by atoms with E-state index < -0.39 is 0 Å². The van der Waals surface area contributed by atoms with Gasteiger partial charge in [-0.25, -0.2) is 0 Å². The molecule has 0 aliphatic carbocycles. The number of hydrogen-bond donors (Lipinski definition) is 1. The van der Waals surface area contributed by atoms with Crippen LogP contribution in [0, 0.1) is 12.8 Å². The zero-order valence-electron chi connectivity index (χ0n) is 12.8. The van der Waals surface area contributed by atoms with Crippen molar-refractivity contribution in [3.8, 4) is 0 Å². The monoisotopic (exact) mass is 264 g/mol. The zero-order chi connectivity index (χ0) is 13.8. The molecule has 3 nitrogen and oxygen atoms in total. The Kier molecular flexibility index (Phi) is 5.06. The Balaban J connectivity index is 1.96. The van der Waals surface area contributed by atoms with E-state index >= 15 is 0 Å². The molecule has 19 heavy (non-hydrogen) atoms. The molecule has 1 aromatic heterocycles. The first-order valence-electron chi connectivity index (χ1n) is 7.63. The summed E-state index contributed by atoms with van der Waals surface area (Å²) >= 11 is 0. The highest BCUT2D eigenvalue weighted by molar-refractivity contribution is 5.21. The topological polar surface area (TPSA) is 28.4 Å². The molecule has 1 fully saturated rings. The van der Waals surface area contributed by atoms with E-state index in [4.69, 9.17) is 4.42 Å². The van der Waals surface area contributed by atoms with Gasteiger partial charge in [0.2, 0.25) is 0 Å². The van der Waals surface area contributed by atoms with Crippen LogP contribution in [-0.2, 0) is 13.1 Å². The third-order valence-corrected chi connectivity index (χ3v) is 4.27. The van der Waals surface area contributed by atoms with Crippen molar-refractivity contribution in [2.24, 2.45) is 5.92 Å². The Hall–Kier alpha value is -0.800. The highest BCUT2D eigenvalue weighted by Gasteiger charge is 2.23. The highest BCUT2D eigenvalue weighted by Crippen LogP contribution is 2.25. The Morgan fingerprint density at radius 3 is 2.89 bits per heavy atom. The first-order valence-corrected chi connectivity index (χ1v) is 7.63. The van der Waals surface area contributed by atoms with Gasteiger partial charge in [0.1, 0.15) is 11.5 Å². The average molecular weight is 264 g/mol. The normalized spacial score (nSPS) is 24.8. The van der Waals surface area contributed by atoms with Crippen LogP contribution in [0.4, 0.5) is 0 Å². The van der Waals surface area contributed by atoms with Crippen LogP contribution >= 0.6 is 0 Å². The summed E-state index contributed by atoms with van der Waals surface area (Å²) in [5.74, 6) is 3.02. The SMILES string of the molecule is CCNCc1cc(CN2CCC(C)CC2C)c(C)o1. The Bertz CT molecular complexity index is 399. The fourth-order valence-corrected chi connectivity index (χ4v) is 2.99. The molecule has 0 saturated carbocycles. The average Bonchev–Trinajstić information content (AvgIpc) is 2.71. The summed E-state index contributed by atoms with van der Waals surface area (Å²) in [6.07, 6.45) is 2.65. The molecular formula is C16H28N2O. The predicted molar refractivity (Wildman–Crippen MR) is 79.1 cm³/mol. The van der Waals surface area contributed by atoms with E-state index in [1.807, 2.05) is 0 Å². The molecule has 1 aromatic rings. The minimum atomic E-state index is 0.690. The van der Waals surface area contributed by atoms with Gasteiger partial charge < -0.3 is 9.73 Å². The Morgan fingerprint density at radius 1 is 1.42 bits per heavy atom. The summed E-state index contributed by atoms with van der Waals surface area (Å²) in [6, 6.07) is 2.92. The molecule has 2 rings (SSSR count). The fourth-order valence-electron chi connectivity index (χ4n) is 2.99. The smallest absolute Gasteiger partial charge is 0.118 e. The first-order chi connectivity index (χ1) is 9.10. The number of likely N-dealkylation sites (tertiary alicyclic amines) is 1. The van der Waals surface area contributed by atoms with Gasteiger partial charge in [0, 0.05) is 18.2 Å². The van der Waals surface area contributed by atoms with Crippen LogP contribution in [0.25, 0.3) is 0 Å². The molecule has 2 atom stereocenters. The van der Waals surface area contributed by atoms with Gasteiger partial charge in [-0.05, 0) is 51.8 Å². The third-order valence-electron chi connectivity index (χ3n) is 4.27. The molecule has 0 spiro atoms. The van der Waals surface area contributed by atoms with Gasteiger partial charge in [0.25, 0.3) is 0 Å². The molecule has 0 amide bonds. The summed E-state index contributed by atoms with van der Waals surface area (Å²) in [5, 5.41) is 3.32. The van der Waals surface area contributed by atoms with Crippen molar-refractivity contribution in [1.29, 1.82) is 0 Å². The molecule has 0 radical (unpaired) electrons. The largest absolute Gasteiger partial charge is 0.465 e. The molecule has 1 N–H and O–H groups in total. The van der Waals surface area contributed by atoms with Crippen LogP contribution in [0.5, 0.6) is 0 Å². The van der Waals surface area contributed by atoms with E-state index in [0.29, 0.717) is 6.04 Å². The quantitative estimate of drug-likeness (QED) is 0.884. The van der Waals surface area contributed by atoms with Gasteiger partial charge in [0.05, 0.1) is 6.54 Å². The summed E-state index contributed by atoms with van der Waals surface area (Å²) in [7, 11) is 0. The van der Waals surface area contributed by atoms with Gasteiger partial charge in [-0.3, -0.25) is 4.90 Å². The third kappa shape index (κ3) is 3.83. The highest BCUT2D eigenvalue weighted by atomic mass is 16.3. The summed E-state index contributed by atoms with van der Waals surface area (Å²) < 4.78 is 5.83. The molecule has 1 saturated heterocycles. The number of aryl methyl sites for hydroxylation is 1. The van der Waals surface area contributed by atoms with Gasteiger partial charge in [0.15, 0.2) is 0 Å². The maximum absolute atomic E-state index is 5.83.